The number of ether oxygens (including phenoxy) is 1. The molecule has 1 aromatic carbocycles. The van der Waals surface area contributed by atoms with Crippen molar-refractivity contribution >= 4 is 16.0 Å². The standard InChI is InChI=1S/C15H20N2O4S/c1-21-15(18)14-4-2-3-13(9-14)11-22(19,20)17-10-12-5-7-16-8-6-12/h2-5,9,16-17H,6-8,10-11H2,1H3. The van der Waals surface area contributed by atoms with Crippen LogP contribution in [0.4, 0.5) is 0 Å². The third-order valence-corrected chi connectivity index (χ3v) is 4.68. The Morgan fingerprint density at radius 2 is 2.23 bits per heavy atom. The van der Waals surface area contributed by atoms with E-state index >= 15 is 0 Å². The summed E-state index contributed by atoms with van der Waals surface area (Å²) in [6, 6.07) is 6.45. The number of carbonyl (C=O) groups is 1. The highest BCUT2D eigenvalue weighted by atomic mass is 32.2. The van der Waals surface area contributed by atoms with Crippen LogP contribution < -0.4 is 10.0 Å². The Kier molecular flexibility index (Phi) is 5.70. The summed E-state index contributed by atoms with van der Waals surface area (Å²) in [7, 11) is -2.15. The molecule has 22 heavy (non-hydrogen) atoms. The SMILES string of the molecule is COC(=O)c1cccc(CS(=O)(=O)NCC2=CCNCC2)c1. The fourth-order valence-corrected chi connectivity index (χ4v) is 3.33. The van der Waals surface area contributed by atoms with Crippen molar-refractivity contribution in [2.75, 3.05) is 26.7 Å². The first-order valence-electron chi connectivity index (χ1n) is 7.03. The lowest BCUT2D eigenvalue weighted by molar-refractivity contribution is 0.0600. The lowest BCUT2D eigenvalue weighted by atomic mass is 10.1. The Morgan fingerprint density at radius 3 is 2.91 bits per heavy atom. The molecule has 0 aliphatic carbocycles. The molecule has 0 atom stereocenters. The minimum absolute atomic E-state index is 0.163. The van der Waals surface area contributed by atoms with Gasteiger partial charge in [0.15, 0.2) is 0 Å². The maximum absolute atomic E-state index is 12.1. The van der Waals surface area contributed by atoms with E-state index in [0.29, 0.717) is 17.7 Å². The molecule has 0 amide bonds. The molecule has 1 heterocycles. The zero-order valence-corrected chi connectivity index (χ0v) is 13.3. The molecule has 0 aromatic heterocycles. The summed E-state index contributed by atoms with van der Waals surface area (Å²) in [6.07, 6.45) is 2.85. The third-order valence-electron chi connectivity index (χ3n) is 3.38. The van der Waals surface area contributed by atoms with Crippen LogP contribution in [0.3, 0.4) is 0 Å². The van der Waals surface area contributed by atoms with Gasteiger partial charge in [-0.3, -0.25) is 0 Å². The maximum Gasteiger partial charge on any atom is 0.337 e. The summed E-state index contributed by atoms with van der Waals surface area (Å²) in [6.45, 7) is 1.98. The van der Waals surface area contributed by atoms with E-state index in [2.05, 4.69) is 14.8 Å². The van der Waals surface area contributed by atoms with Gasteiger partial charge in [-0.15, -0.1) is 0 Å². The first-order chi connectivity index (χ1) is 10.5. The van der Waals surface area contributed by atoms with E-state index in [-0.39, 0.29) is 5.75 Å². The van der Waals surface area contributed by atoms with Gasteiger partial charge in [-0.1, -0.05) is 23.8 Å². The van der Waals surface area contributed by atoms with Gasteiger partial charge in [0, 0.05) is 13.1 Å². The van der Waals surface area contributed by atoms with Crippen molar-refractivity contribution < 1.29 is 17.9 Å². The van der Waals surface area contributed by atoms with Crippen molar-refractivity contribution in [1.82, 2.24) is 10.0 Å². The van der Waals surface area contributed by atoms with Crippen LogP contribution in [0.25, 0.3) is 0 Å². The zero-order chi connectivity index (χ0) is 16.0. The molecule has 0 bridgehead atoms. The summed E-state index contributed by atoms with van der Waals surface area (Å²) in [5.74, 6) is -0.643. The Morgan fingerprint density at radius 1 is 1.41 bits per heavy atom. The molecule has 2 rings (SSSR count). The number of carbonyl (C=O) groups excluding carboxylic acids is 1. The van der Waals surface area contributed by atoms with Crippen LogP contribution in [0.15, 0.2) is 35.9 Å². The molecule has 1 aliphatic rings. The van der Waals surface area contributed by atoms with Gasteiger partial charge in [0.2, 0.25) is 10.0 Å². The molecule has 0 spiro atoms. The van der Waals surface area contributed by atoms with E-state index < -0.39 is 16.0 Å². The van der Waals surface area contributed by atoms with Gasteiger partial charge >= 0.3 is 5.97 Å². The first-order valence-corrected chi connectivity index (χ1v) is 8.68. The van der Waals surface area contributed by atoms with Gasteiger partial charge in [0.25, 0.3) is 0 Å². The van der Waals surface area contributed by atoms with Gasteiger partial charge in [-0.2, -0.15) is 0 Å². The van der Waals surface area contributed by atoms with Crippen molar-refractivity contribution in [3.63, 3.8) is 0 Å². The highest BCUT2D eigenvalue weighted by Crippen LogP contribution is 2.10. The number of rotatable bonds is 6. The summed E-state index contributed by atoms with van der Waals surface area (Å²) in [5, 5.41) is 3.18. The number of methoxy groups -OCH3 is 1. The topological polar surface area (TPSA) is 84.5 Å². The first kappa shape index (κ1) is 16.7. The Bertz CT molecular complexity index is 668. The van der Waals surface area contributed by atoms with Crippen molar-refractivity contribution in [2.45, 2.75) is 12.2 Å². The van der Waals surface area contributed by atoms with E-state index in [1.54, 1.807) is 18.2 Å². The molecule has 1 aliphatic heterocycles. The smallest absolute Gasteiger partial charge is 0.337 e. The summed E-state index contributed by atoms with van der Waals surface area (Å²) < 4.78 is 31.5. The zero-order valence-electron chi connectivity index (χ0n) is 12.5. The van der Waals surface area contributed by atoms with Crippen molar-refractivity contribution in [3.05, 3.63) is 47.0 Å². The van der Waals surface area contributed by atoms with Crippen LogP contribution in [-0.2, 0) is 20.5 Å². The molecule has 120 valence electrons. The lowest BCUT2D eigenvalue weighted by Gasteiger charge is -2.14. The molecular weight excluding hydrogens is 304 g/mol. The largest absolute Gasteiger partial charge is 0.465 e. The van der Waals surface area contributed by atoms with Crippen molar-refractivity contribution in [3.8, 4) is 0 Å². The monoisotopic (exact) mass is 324 g/mol. The number of benzene rings is 1. The molecule has 0 radical (unpaired) electrons. The van der Waals surface area contributed by atoms with Crippen molar-refractivity contribution in [2.24, 2.45) is 0 Å². The Labute approximate surface area is 130 Å². The van der Waals surface area contributed by atoms with E-state index in [9.17, 15) is 13.2 Å². The summed E-state index contributed by atoms with van der Waals surface area (Å²) >= 11 is 0. The normalized spacial score (nSPS) is 15.2. The van der Waals surface area contributed by atoms with E-state index in [4.69, 9.17) is 0 Å². The fraction of sp³-hybridized carbons (Fsp3) is 0.400. The van der Waals surface area contributed by atoms with Gasteiger partial charge in [-0.05, 0) is 30.7 Å². The number of nitrogens with one attached hydrogen (secondary N) is 2. The number of esters is 1. The average Bonchev–Trinajstić information content (AvgIpc) is 2.53. The molecule has 0 unspecified atom stereocenters. The predicted octanol–water partition coefficient (Wildman–Crippen LogP) is 0.812. The summed E-state index contributed by atoms with van der Waals surface area (Å²) in [5.41, 5.74) is 1.98. The number of hydrogen-bond donors (Lipinski definition) is 2. The van der Waals surface area contributed by atoms with E-state index in [1.807, 2.05) is 6.08 Å². The van der Waals surface area contributed by atoms with Gasteiger partial charge in [0.1, 0.15) is 0 Å². The van der Waals surface area contributed by atoms with Gasteiger partial charge in [-0.25, -0.2) is 17.9 Å². The quantitative estimate of drug-likeness (QED) is 0.598. The molecular formula is C15H20N2O4S. The molecule has 2 N–H and O–H groups in total. The third kappa shape index (κ3) is 4.94. The molecule has 0 saturated heterocycles. The molecule has 0 saturated carbocycles. The van der Waals surface area contributed by atoms with Crippen LogP contribution in [0.5, 0.6) is 0 Å². The van der Waals surface area contributed by atoms with Crippen LogP contribution in [0.2, 0.25) is 0 Å². The van der Waals surface area contributed by atoms with Crippen molar-refractivity contribution in [1.29, 1.82) is 0 Å². The fourth-order valence-electron chi connectivity index (χ4n) is 2.21. The molecule has 7 heteroatoms. The molecule has 6 nitrogen and oxygen atoms in total. The maximum atomic E-state index is 12.1. The van der Waals surface area contributed by atoms with Gasteiger partial charge < -0.3 is 10.1 Å². The minimum atomic E-state index is -3.45. The lowest BCUT2D eigenvalue weighted by Crippen LogP contribution is -2.30. The van der Waals surface area contributed by atoms with Gasteiger partial charge in [0.05, 0.1) is 18.4 Å². The Hall–Kier alpha value is -1.70. The van der Waals surface area contributed by atoms with Crippen LogP contribution in [0, 0.1) is 0 Å². The van der Waals surface area contributed by atoms with Crippen LogP contribution >= 0.6 is 0 Å². The predicted molar refractivity (Wildman–Crippen MR) is 84.0 cm³/mol. The number of sulfonamides is 1. The second kappa shape index (κ2) is 7.53. The van der Waals surface area contributed by atoms with E-state index in [0.717, 1.165) is 25.1 Å². The minimum Gasteiger partial charge on any atom is -0.465 e. The van der Waals surface area contributed by atoms with Crippen LogP contribution in [-0.4, -0.2) is 41.1 Å². The molecule has 0 fully saturated rings. The molecule has 1 aromatic rings. The highest BCUT2D eigenvalue weighted by Gasteiger charge is 2.14. The van der Waals surface area contributed by atoms with Crippen LogP contribution in [0.1, 0.15) is 22.3 Å². The summed E-state index contributed by atoms with van der Waals surface area (Å²) in [4.78, 5) is 11.5. The highest BCUT2D eigenvalue weighted by molar-refractivity contribution is 7.88. The second-order valence-electron chi connectivity index (χ2n) is 5.09. The second-order valence-corrected chi connectivity index (χ2v) is 6.90. The van der Waals surface area contributed by atoms with E-state index in [1.165, 1.54) is 13.2 Å². The Balaban J connectivity index is 1.99. The average molecular weight is 324 g/mol. The number of hydrogen-bond acceptors (Lipinski definition) is 5.